The van der Waals surface area contributed by atoms with Gasteiger partial charge >= 0.3 is 0 Å². The summed E-state index contributed by atoms with van der Waals surface area (Å²) in [5.74, 6) is 0.590. The Morgan fingerprint density at radius 2 is 2.06 bits per heavy atom. The van der Waals surface area contributed by atoms with Crippen LogP contribution in [0.15, 0.2) is 0 Å². The van der Waals surface area contributed by atoms with Crippen molar-refractivity contribution >= 4 is 11.8 Å². The van der Waals surface area contributed by atoms with Crippen LogP contribution in [0, 0.1) is 5.92 Å². The first-order chi connectivity index (χ1) is 7.75. The van der Waals surface area contributed by atoms with Gasteiger partial charge in [0, 0.05) is 6.61 Å². The molecule has 0 radical (unpaired) electrons. The minimum Gasteiger partial charge on any atom is -0.376 e. The number of nitrogens with one attached hydrogen (secondary N) is 1. The average molecular weight is 224 g/mol. The topological polar surface area (TPSA) is 58.6 Å². The second-order valence-electron chi connectivity index (χ2n) is 4.83. The Balaban J connectivity index is 1.74. The standard InChI is InChI=1S/C11H16N2O3/c14-9-6-13(10(15)5-12-9)8-3-4-16-11(8)7-1-2-7/h7-8,11H,1-6H2,(H,12,14). The molecule has 1 aliphatic carbocycles. The second kappa shape index (κ2) is 3.73. The zero-order chi connectivity index (χ0) is 11.1. The quantitative estimate of drug-likeness (QED) is 0.688. The van der Waals surface area contributed by atoms with Crippen LogP contribution in [-0.2, 0) is 14.3 Å². The molecule has 1 saturated carbocycles. The molecule has 0 bridgehead atoms. The molecule has 88 valence electrons. The molecular weight excluding hydrogens is 208 g/mol. The molecule has 5 nitrogen and oxygen atoms in total. The van der Waals surface area contributed by atoms with E-state index in [1.807, 2.05) is 0 Å². The summed E-state index contributed by atoms with van der Waals surface area (Å²) in [5.41, 5.74) is 0. The average Bonchev–Trinajstić information content (AvgIpc) is 3.01. The number of carbonyl (C=O) groups is 2. The third-order valence-electron chi connectivity index (χ3n) is 3.66. The molecule has 16 heavy (non-hydrogen) atoms. The van der Waals surface area contributed by atoms with Crippen LogP contribution in [0.3, 0.4) is 0 Å². The lowest BCUT2D eigenvalue weighted by molar-refractivity contribution is -0.144. The number of hydrogen-bond acceptors (Lipinski definition) is 3. The first kappa shape index (κ1) is 10.1. The SMILES string of the molecule is O=C1CN(C2CCOC2C2CC2)C(=O)CN1. The molecular formula is C11H16N2O3. The van der Waals surface area contributed by atoms with Gasteiger partial charge in [0.2, 0.25) is 11.8 Å². The molecule has 3 aliphatic rings. The van der Waals surface area contributed by atoms with Gasteiger partial charge in [0.05, 0.1) is 25.2 Å². The minimum atomic E-state index is -0.0546. The van der Waals surface area contributed by atoms with Crippen LogP contribution >= 0.6 is 0 Å². The highest BCUT2D eigenvalue weighted by molar-refractivity contribution is 5.92. The molecule has 5 heteroatoms. The van der Waals surface area contributed by atoms with Crippen molar-refractivity contribution in [3.63, 3.8) is 0 Å². The highest BCUT2D eigenvalue weighted by Crippen LogP contribution is 2.40. The molecule has 2 atom stereocenters. The lowest BCUT2D eigenvalue weighted by Gasteiger charge is -2.34. The summed E-state index contributed by atoms with van der Waals surface area (Å²) in [5, 5.41) is 2.57. The Bertz CT molecular complexity index is 327. The molecule has 1 N–H and O–H groups in total. The predicted molar refractivity (Wildman–Crippen MR) is 55.6 cm³/mol. The van der Waals surface area contributed by atoms with E-state index in [1.54, 1.807) is 4.90 Å². The molecule has 2 unspecified atom stereocenters. The van der Waals surface area contributed by atoms with Gasteiger partial charge in [0.25, 0.3) is 0 Å². The van der Waals surface area contributed by atoms with Gasteiger partial charge in [-0.2, -0.15) is 0 Å². The van der Waals surface area contributed by atoms with E-state index in [1.165, 1.54) is 12.8 Å². The zero-order valence-electron chi connectivity index (χ0n) is 9.15. The maximum atomic E-state index is 11.8. The van der Waals surface area contributed by atoms with Gasteiger partial charge in [-0.3, -0.25) is 9.59 Å². The van der Waals surface area contributed by atoms with Crippen LogP contribution in [0.2, 0.25) is 0 Å². The van der Waals surface area contributed by atoms with Crippen molar-refractivity contribution in [3.8, 4) is 0 Å². The van der Waals surface area contributed by atoms with Gasteiger partial charge in [-0.1, -0.05) is 0 Å². The number of rotatable bonds is 2. The number of piperazine rings is 1. The fraction of sp³-hybridized carbons (Fsp3) is 0.818. The van der Waals surface area contributed by atoms with Crippen molar-refractivity contribution in [2.75, 3.05) is 19.7 Å². The summed E-state index contributed by atoms with van der Waals surface area (Å²) in [6, 6.07) is 0.131. The molecule has 0 aromatic heterocycles. The predicted octanol–water partition coefficient (Wildman–Crippen LogP) is -0.488. The van der Waals surface area contributed by atoms with E-state index >= 15 is 0 Å². The van der Waals surface area contributed by atoms with Gasteiger partial charge in [0.15, 0.2) is 0 Å². The first-order valence-electron chi connectivity index (χ1n) is 5.93. The zero-order valence-corrected chi connectivity index (χ0v) is 9.15. The van der Waals surface area contributed by atoms with E-state index < -0.39 is 0 Å². The molecule has 2 heterocycles. The monoisotopic (exact) mass is 224 g/mol. The lowest BCUT2D eigenvalue weighted by atomic mass is 10.0. The van der Waals surface area contributed by atoms with Crippen LogP contribution in [0.25, 0.3) is 0 Å². The Morgan fingerprint density at radius 3 is 2.81 bits per heavy atom. The van der Waals surface area contributed by atoms with Gasteiger partial charge in [-0.15, -0.1) is 0 Å². The first-order valence-corrected chi connectivity index (χ1v) is 5.93. The molecule has 3 rings (SSSR count). The van der Waals surface area contributed by atoms with Crippen LogP contribution in [-0.4, -0.2) is 48.6 Å². The number of ether oxygens (including phenoxy) is 1. The van der Waals surface area contributed by atoms with E-state index in [2.05, 4.69) is 5.32 Å². The van der Waals surface area contributed by atoms with Crippen molar-refractivity contribution in [1.29, 1.82) is 0 Å². The van der Waals surface area contributed by atoms with Crippen molar-refractivity contribution in [3.05, 3.63) is 0 Å². The van der Waals surface area contributed by atoms with Crippen LogP contribution < -0.4 is 5.32 Å². The van der Waals surface area contributed by atoms with Gasteiger partial charge in [0.1, 0.15) is 0 Å². The summed E-state index contributed by atoms with van der Waals surface area (Å²) in [6.07, 6.45) is 3.46. The highest BCUT2D eigenvalue weighted by Gasteiger charge is 2.45. The molecule has 0 spiro atoms. The van der Waals surface area contributed by atoms with Gasteiger partial charge in [-0.25, -0.2) is 0 Å². The van der Waals surface area contributed by atoms with Crippen LogP contribution in [0.1, 0.15) is 19.3 Å². The Morgan fingerprint density at radius 1 is 1.25 bits per heavy atom. The molecule has 2 aliphatic heterocycles. The second-order valence-corrected chi connectivity index (χ2v) is 4.83. The molecule has 0 aromatic carbocycles. The van der Waals surface area contributed by atoms with Crippen LogP contribution in [0.4, 0.5) is 0 Å². The molecule has 2 amide bonds. The van der Waals surface area contributed by atoms with Crippen LogP contribution in [0.5, 0.6) is 0 Å². The van der Waals surface area contributed by atoms with E-state index in [9.17, 15) is 9.59 Å². The number of hydrogen-bond donors (Lipinski definition) is 1. The Labute approximate surface area is 94.1 Å². The summed E-state index contributed by atoms with van der Waals surface area (Å²) >= 11 is 0. The number of amides is 2. The fourth-order valence-corrected chi connectivity index (χ4v) is 2.69. The molecule has 3 fully saturated rings. The maximum Gasteiger partial charge on any atom is 0.242 e. The van der Waals surface area contributed by atoms with Crippen molar-refractivity contribution < 1.29 is 14.3 Å². The number of nitrogens with zero attached hydrogens (tertiary/aromatic N) is 1. The van der Waals surface area contributed by atoms with E-state index in [0.717, 1.165) is 13.0 Å². The smallest absolute Gasteiger partial charge is 0.242 e. The van der Waals surface area contributed by atoms with Crippen molar-refractivity contribution in [2.45, 2.75) is 31.4 Å². The van der Waals surface area contributed by atoms with Gasteiger partial charge in [-0.05, 0) is 25.2 Å². The van der Waals surface area contributed by atoms with Gasteiger partial charge < -0.3 is 15.0 Å². The Kier molecular flexibility index (Phi) is 2.35. The minimum absolute atomic E-state index is 0.0285. The van der Waals surface area contributed by atoms with Crippen molar-refractivity contribution in [2.24, 2.45) is 5.92 Å². The fourth-order valence-electron chi connectivity index (χ4n) is 2.69. The third kappa shape index (κ3) is 1.69. The summed E-state index contributed by atoms with van der Waals surface area (Å²) in [6.45, 7) is 1.07. The highest BCUT2D eigenvalue weighted by atomic mass is 16.5. The normalized spacial score (nSPS) is 35.4. The molecule has 0 aromatic rings. The van der Waals surface area contributed by atoms with E-state index in [4.69, 9.17) is 4.74 Å². The maximum absolute atomic E-state index is 11.8. The van der Waals surface area contributed by atoms with Crippen molar-refractivity contribution in [1.82, 2.24) is 10.2 Å². The largest absolute Gasteiger partial charge is 0.376 e. The summed E-state index contributed by atoms with van der Waals surface area (Å²) in [7, 11) is 0. The molecule has 2 saturated heterocycles. The third-order valence-corrected chi connectivity index (χ3v) is 3.66. The Hall–Kier alpha value is -1.10. The summed E-state index contributed by atoms with van der Waals surface area (Å²) < 4.78 is 5.70. The number of carbonyl (C=O) groups excluding carboxylic acids is 2. The van der Waals surface area contributed by atoms with E-state index in [0.29, 0.717) is 5.92 Å². The summed E-state index contributed by atoms with van der Waals surface area (Å²) in [4.78, 5) is 24.8. The lowest BCUT2D eigenvalue weighted by Crippen LogP contribution is -2.57. The van der Waals surface area contributed by atoms with E-state index in [-0.39, 0.29) is 37.0 Å².